The van der Waals surface area contributed by atoms with Crippen LogP contribution in [-0.4, -0.2) is 37.3 Å². The van der Waals surface area contributed by atoms with Crippen molar-refractivity contribution in [2.45, 2.75) is 20.0 Å². The van der Waals surface area contributed by atoms with Gasteiger partial charge in [0.2, 0.25) is 0 Å². The van der Waals surface area contributed by atoms with Gasteiger partial charge in [-0.3, -0.25) is 0 Å². The van der Waals surface area contributed by atoms with Gasteiger partial charge in [0.25, 0.3) is 0 Å². The maximum atomic E-state index is 11.1. The number of esters is 1. The molecule has 1 aromatic rings. The zero-order chi connectivity index (χ0) is 12.0. The summed E-state index contributed by atoms with van der Waals surface area (Å²) in [6.45, 7) is 5.29. The monoisotopic (exact) mass is 244 g/mol. The average Bonchev–Trinajstić information content (AvgIpc) is 2.74. The van der Waals surface area contributed by atoms with Gasteiger partial charge in [-0.2, -0.15) is 0 Å². The Hall–Kier alpha value is -1.14. The summed E-state index contributed by atoms with van der Waals surface area (Å²) in [5.74, 6) is -0.415. The summed E-state index contributed by atoms with van der Waals surface area (Å²) in [4.78, 5) is 15.2. The van der Waals surface area contributed by atoms with E-state index in [-0.39, 0.29) is 6.10 Å². The molecule has 0 aromatic carbocycles. The van der Waals surface area contributed by atoms with Crippen molar-refractivity contribution in [1.82, 2.24) is 4.98 Å². The average molecular weight is 244 g/mol. The molecule has 1 heterocycles. The standard InChI is InChI=1S/C10H16N2O3S/c1-4-15-7(2)5-11-10-12-8(6-16-10)9(13)14-3/h6-7H,4-5H2,1-3H3,(H,11,12). The van der Waals surface area contributed by atoms with E-state index in [0.717, 1.165) is 0 Å². The second kappa shape index (κ2) is 6.44. The highest BCUT2D eigenvalue weighted by Crippen LogP contribution is 2.15. The lowest BCUT2D eigenvalue weighted by Crippen LogP contribution is -2.19. The largest absolute Gasteiger partial charge is 0.464 e. The number of methoxy groups -OCH3 is 1. The Morgan fingerprint density at radius 3 is 3.06 bits per heavy atom. The van der Waals surface area contributed by atoms with E-state index in [1.165, 1.54) is 18.4 Å². The van der Waals surface area contributed by atoms with Crippen molar-refractivity contribution < 1.29 is 14.3 Å². The summed E-state index contributed by atoms with van der Waals surface area (Å²) in [6, 6.07) is 0. The number of hydrogen-bond donors (Lipinski definition) is 1. The molecule has 0 aliphatic heterocycles. The van der Waals surface area contributed by atoms with Gasteiger partial charge in [-0.25, -0.2) is 9.78 Å². The van der Waals surface area contributed by atoms with Gasteiger partial charge in [0.15, 0.2) is 10.8 Å². The quantitative estimate of drug-likeness (QED) is 0.773. The molecule has 1 rings (SSSR count). The summed E-state index contributed by atoms with van der Waals surface area (Å²) in [5, 5.41) is 5.47. The Kier molecular flexibility index (Phi) is 5.21. The molecule has 6 heteroatoms. The van der Waals surface area contributed by atoms with Crippen LogP contribution in [0.1, 0.15) is 24.3 Å². The summed E-state index contributed by atoms with van der Waals surface area (Å²) in [6.07, 6.45) is 0.121. The first kappa shape index (κ1) is 12.9. The highest BCUT2D eigenvalue weighted by atomic mass is 32.1. The van der Waals surface area contributed by atoms with Crippen molar-refractivity contribution in [2.24, 2.45) is 0 Å². The van der Waals surface area contributed by atoms with E-state index in [4.69, 9.17) is 4.74 Å². The number of thiazole rings is 1. The van der Waals surface area contributed by atoms with Crippen LogP contribution >= 0.6 is 11.3 Å². The van der Waals surface area contributed by atoms with E-state index in [0.29, 0.717) is 24.0 Å². The summed E-state index contributed by atoms with van der Waals surface area (Å²) < 4.78 is 9.93. The van der Waals surface area contributed by atoms with Crippen LogP contribution in [-0.2, 0) is 9.47 Å². The van der Waals surface area contributed by atoms with Crippen LogP contribution in [0, 0.1) is 0 Å². The third kappa shape index (κ3) is 3.79. The lowest BCUT2D eigenvalue weighted by Gasteiger charge is -2.11. The molecule has 0 amide bonds. The number of carbonyl (C=O) groups is 1. The summed E-state index contributed by atoms with van der Waals surface area (Å²) in [5.41, 5.74) is 0.332. The number of anilines is 1. The van der Waals surface area contributed by atoms with Crippen LogP contribution in [0.5, 0.6) is 0 Å². The van der Waals surface area contributed by atoms with Gasteiger partial charge in [0.05, 0.1) is 13.2 Å². The number of aromatic nitrogens is 1. The lowest BCUT2D eigenvalue weighted by atomic mass is 10.4. The zero-order valence-corrected chi connectivity index (χ0v) is 10.5. The molecule has 0 saturated carbocycles. The fraction of sp³-hybridized carbons (Fsp3) is 0.600. The van der Waals surface area contributed by atoms with Gasteiger partial charge in [-0.15, -0.1) is 11.3 Å². The molecule has 1 unspecified atom stereocenters. The molecule has 0 fully saturated rings. The van der Waals surface area contributed by atoms with Crippen LogP contribution in [0.3, 0.4) is 0 Å². The zero-order valence-electron chi connectivity index (χ0n) is 9.65. The van der Waals surface area contributed by atoms with Crippen LogP contribution in [0.2, 0.25) is 0 Å². The fourth-order valence-corrected chi connectivity index (χ4v) is 1.82. The van der Waals surface area contributed by atoms with Gasteiger partial charge in [-0.05, 0) is 13.8 Å². The Morgan fingerprint density at radius 1 is 1.69 bits per heavy atom. The van der Waals surface area contributed by atoms with E-state index >= 15 is 0 Å². The molecule has 0 spiro atoms. The van der Waals surface area contributed by atoms with Crippen molar-refractivity contribution in [3.8, 4) is 0 Å². The Bertz CT molecular complexity index is 341. The third-order valence-electron chi connectivity index (χ3n) is 1.89. The minimum absolute atomic E-state index is 0.121. The van der Waals surface area contributed by atoms with E-state index in [9.17, 15) is 4.79 Å². The van der Waals surface area contributed by atoms with Crippen molar-refractivity contribution in [3.05, 3.63) is 11.1 Å². The number of nitrogens with one attached hydrogen (secondary N) is 1. The number of ether oxygens (including phenoxy) is 2. The van der Waals surface area contributed by atoms with E-state index in [1.54, 1.807) is 5.38 Å². The molecule has 0 radical (unpaired) electrons. The topological polar surface area (TPSA) is 60.5 Å². The van der Waals surface area contributed by atoms with Crippen LogP contribution < -0.4 is 5.32 Å². The number of carbonyl (C=O) groups excluding carboxylic acids is 1. The second-order valence-electron chi connectivity index (χ2n) is 3.18. The molecule has 90 valence electrons. The predicted octanol–water partition coefficient (Wildman–Crippen LogP) is 1.77. The maximum absolute atomic E-state index is 11.1. The Morgan fingerprint density at radius 2 is 2.44 bits per heavy atom. The molecule has 0 saturated heterocycles. The maximum Gasteiger partial charge on any atom is 0.357 e. The van der Waals surface area contributed by atoms with Gasteiger partial charge in [-0.1, -0.05) is 0 Å². The van der Waals surface area contributed by atoms with Gasteiger partial charge < -0.3 is 14.8 Å². The first-order chi connectivity index (χ1) is 7.67. The van der Waals surface area contributed by atoms with Crippen LogP contribution in [0.4, 0.5) is 5.13 Å². The van der Waals surface area contributed by atoms with Gasteiger partial charge in [0, 0.05) is 18.5 Å². The third-order valence-corrected chi connectivity index (χ3v) is 2.69. The van der Waals surface area contributed by atoms with Crippen LogP contribution in [0.25, 0.3) is 0 Å². The minimum Gasteiger partial charge on any atom is -0.464 e. The first-order valence-corrected chi connectivity index (χ1v) is 5.94. The van der Waals surface area contributed by atoms with Crippen molar-refractivity contribution in [1.29, 1.82) is 0 Å². The minimum atomic E-state index is -0.415. The molecule has 1 aromatic heterocycles. The molecular formula is C10H16N2O3S. The SMILES string of the molecule is CCOC(C)CNc1nc(C(=O)OC)cs1. The summed E-state index contributed by atoms with van der Waals surface area (Å²) >= 11 is 1.37. The normalized spacial score (nSPS) is 12.2. The molecule has 1 N–H and O–H groups in total. The molecule has 0 bridgehead atoms. The molecule has 16 heavy (non-hydrogen) atoms. The van der Waals surface area contributed by atoms with Crippen molar-refractivity contribution >= 4 is 22.4 Å². The number of rotatable bonds is 6. The Labute approximate surface area is 98.8 Å². The predicted molar refractivity (Wildman–Crippen MR) is 63.0 cm³/mol. The van der Waals surface area contributed by atoms with Gasteiger partial charge in [0.1, 0.15) is 0 Å². The number of nitrogens with zero attached hydrogens (tertiary/aromatic N) is 1. The number of hydrogen-bond acceptors (Lipinski definition) is 6. The van der Waals surface area contributed by atoms with Crippen molar-refractivity contribution in [2.75, 3.05) is 25.6 Å². The molecule has 1 atom stereocenters. The highest BCUT2D eigenvalue weighted by Gasteiger charge is 2.10. The van der Waals surface area contributed by atoms with Gasteiger partial charge >= 0.3 is 5.97 Å². The first-order valence-electron chi connectivity index (χ1n) is 5.06. The fourth-order valence-electron chi connectivity index (χ4n) is 1.13. The Balaban J connectivity index is 2.43. The second-order valence-corrected chi connectivity index (χ2v) is 4.03. The summed E-state index contributed by atoms with van der Waals surface area (Å²) in [7, 11) is 1.34. The molecule has 5 nitrogen and oxygen atoms in total. The molecule has 0 aliphatic carbocycles. The highest BCUT2D eigenvalue weighted by molar-refractivity contribution is 7.13. The van der Waals surface area contributed by atoms with E-state index in [2.05, 4.69) is 15.0 Å². The molecular weight excluding hydrogens is 228 g/mol. The lowest BCUT2D eigenvalue weighted by molar-refractivity contribution is 0.0595. The van der Waals surface area contributed by atoms with E-state index in [1.807, 2.05) is 13.8 Å². The molecule has 0 aliphatic rings. The van der Waals surface area contributed by atoms with Crippen LogP contribution in [0.15, 0.2) is 5.38 Å². The van der Waals surface area contributed by atoms with E-state index < -0.39 is 5.97 Å². The smallest absolute Gasteiger partial charge is 0.357 e. The van der Waals surface area contributed by atoms with Crippen molar-refractivity contribution in [3.63, 3.8) is 0 Å².